The molecule has 0 spiro atoms. The average Bonchev–Trinajstić information content (AvgIpc) is 2.59. The number of benzene rings is 1. The highest BCUT2D eigenvalue weighted by atomic mass is 35.5. The van der Waals surface area contributed by atoms with E-state index in [1.807, 2.05) is 18.2 Å². The molecule has 0 aliphatic heterocycles. The maximum absolute atomic E-state index is 12.5. The number of rotatable bonds is 6. The second-order valence-electron chi connectivity index (χ2n) is 4.99. The first-order chi connectivity index (χ1) is 11.1. The number of hydrogen-bond acceptors (Lipinski definition) is 4. The standard InChI is InChI=1S/C17H19ClN2O3/c1-20(9-7-13-6-4-5-8-19-13)17(21)12-10-14(18)16(23-3)15(11-12)22-2/h4-6,8,10-11H,7,9H2,1-3H3. The second kappa shape index (κ2) is 7.83. The zero-order valence-electron chi connectivity index (χ0n) is 13.4. The molecule has 2 aromatic rings. The number of aromatic nitrogens is 1. The molecule has 1 heterocycles. The monoisotopic (exact) mass is 334 g/mol. The Labute approximate surface area is 140 Å². The molecule has 0 N–H and O–H groups in total. The molecule has 0 fully saturated rings. The number of ether oxygens (including phenoxy) is 2. The number of halogens is 1. The Morgan fingerprint density at radius 1 is 1.26 bits per heavy atom. The Morgan fingerprint density at radius 2 is 2.04 bits per heavy atom. The number of carbonyl (C=O) groups excluding carboxylic acids is 1. The summed E-state index contributed by atoms with van der Waals surface area (Å²) in [5.41, 5.74) is 1.40. The van der Waals surface area contributed by atoms with Crippen molar-refractivity contribution in [2.45, 2.75) is 6.42 Å². The van der Waals surface area contributed by atoms with Gasteiger partial charge in [0.2, 0.25) is 0 Å². The maximum atomic E-state index is 12.5. The number of nitrogens with zero attached hydrogens (tertiary/aromatic N) is 2. The van der Waals surface area contributed by atoms with Gasteiger partial charge in [-0.3, -0.25) is 9.78 Å². The minimum absolute atomic E-state index is 0.135. The topological polar surface area (TPSA) is 51.7 Å². The van der Waals surface area contributed by atoms with Crippen LogP contribution in [-0.2, 0) is 6.42 Å². The number of amides is 1. The molecular weight excluding hydrogens is 316 g/mol. The lowest BCUT2D eigenvalue weighted by atomic mass is 10.1. The van der Waals surface area contributed by atoms with Crippen molar-refractivity contribution in [2.24, 2.45) is 0 Å². The molecule has 0 unspecified atom stereocenters. The van der Waals surface area contributed by atoms with Crippen LogP contribution in [0.1, 0.15) is 16.1 Å². The van der Waals surface area contributed by atoms with Gasteiger partial charge in [0, 0.05) is 37.5 Å². The quantitative estimate of drug-likeness (QED) is 0.814. The largest absolute Gasteiger partial charge is 0.493 e. The average molecular weight is 335 g/mol. The maximum Gasteiger partial charge on any atom is 0.253 e. The van der Waals surface area contributed by atoms with Crippen molar-refractivity contribution in [3.05, 3.63) is 52.8 Å². The van der Waals surface area contributed by atoms with Crippen molar-refractivity contribution >= 4 is 17.5 Å². The van der Waals surface area contributed by atoms with E-state index in [1.54, 1.807) is 30.3 Å². The minimum atomic E-state index is -0.135. The van der Waals surface area contributed by atoms with E-state index < -0.39 is 0 Å². The summed E-state index contributed by atoms with van der Waals surface area (Å²) in [7, 11) is 4.76. The van der Waals surface area contributed by atoms with Gasteiger partial charge < -0.3 is 14.4 Å². The van der Waals surface area contributed by atoms with Gasteiger partial charge in [-0.2, -0.15) is 0 Å². The summed E-state index contributed by atoms with van der Waals surface area (Å²) >= 11 is 6.15. The van der Waals surface area contributed by atoms with E-state index in [4.69, 9.17) is 21.1 Å². The van der Waals surface area contributed by atoms with Crippen molar-refractivity contribution in [3.8, 4) is 11.5 Å². The number of hydrogen-bond donors (Lipinski definition) is 0. The predicted octanol–water partition coefficient (Wildman–Crippen LogP) is 3.07. The van der Waals surface area contributed by atoms with Gasteiger partial charge in [0.25, 0.3) is 5.91 Å². The summed E-state index contributed by atoms with van der Waals surface area (Å²) in [5, 5.41) is 0.341. The Balaban J connectivity index is 2.11. The van der Waals surface area contributed by atoms with Crippen LogP contribution in [0.25, 0.3) is 0 Å². The molecule has 122 valence electrons. The van der Waals surface area contributed by atoms with Crippen molar-refractivity contribution in [2.75, 3.05) is 27.8 Å². The van der Waals surface area contributed by atoms with Crippen LogP contribution in [0.3, 0.4) is 0 Å². The molecule has 2 rings (SSSR count). The first-order valence-corrected chi connectivity index (χ1v) is 7.51. The molecule has 0 radical (unpaired) electrons. The molecule has 0 atom stereocenters. The summed E-state index contributed by atoms with van der Waals surface area (Å²) in [5.74, 6) is 0.715. The molecule has 5 nitrogen and oxygen atoms in total. The molecule has 6 heteroatoms. The molecular formula is C17H19ClN2O3. The lowest BCUT2D eigenvalue weighted by Gasteiger charge is -2.18. The van der Waals surface area contributed by atoms with Gasteiger partial charge >= 0.3 is 0 Å². The minimum Gasteiger partial charge on any atom is -0.493 e. The van der Waals surface area contributed by atoms with Gasteiger partial charge in [-0.15, -0.1) is 0 Å². The summed E-state index contributed by atoms with van der Waals surface area (Å²) in [4.78, 5) is 18.4. The molecule has 0 aliphatic rings. The van der Waals surface area contributed by atoms with Gasteiger partial charge in [-0.25, -0.2) is 0 Å². The molecule has 0 aliphatic carbocycles. The van der Waals surface area contributed by atoms with E-state index in [0.29, 0.717) is 35.1 Å². The number of likely N-dealkylation sites (N-methyl/N-ethyl adjacent to an activating group) is 1. The highest BCUT2D eigenvalue weighted by molar-refractivity contribution is 6.32. The molecule has 0 saturated heterocycles. The van der Waals surface area contributed by atoms with Crippen LogP contribution in [0.4, 0.5) is 0 Å². The van der Waals surface area contributed by atoms with Crippen molar-refractivity contribution < 1.29 is 14.3 Å². The van der Waals surface area contributed by atoms with Crippen molar-refractivity contribution in [1.82, 2.24) is 9.88 Å². The highest BCUT2D eigenvalue weighted by Crippen LogP contribution is 2.36. The normalized spacial score (nSPS) is 10.3. The summed E-state index contributed by atoms with van der Waals surface area (Å²) in [6.07, 6.45) is 2.43. The first kappa shape index (κ1) is 17.1. The smallest absolute Gasteiger partial charge is 0.253 e. The fourth-order valence-electron chi connectivity index (χ4n) is 2.19. The lowest BCUT2D eigenvalue weighted by Crippen LogP contribution is -2.29. The third kappa shape index (κ3) is 4.13. The van der Waals surface area contributed by atoms with E-state index in [1.165, 1.54) is 14.2 Å². The molecule has 0 saturated carbocycles. The Kier molecular flexibility index (Phi) is 5.82. The summed E-state index contributed by atoms with van der Waals surface area (Å²) in [6, 6.07) is 8.95. The SMILES string of the molecule is COc1cc(C(=O)N(C)CCc2ccccn2)cc(Cl)c1OC. The summed E-state index contributed by atoms with van der Waals surface area (Å²) < 4.78 is 10.4. The zero-order valence-corrected chi connectivity index (χ0v) is 14.1. The molecule has 23 heavy (non-hydrogen) atoms. The number of methoxy groups -OCH3 is 2. The van der Waals surface area contributed by atoms with Gasteiger partial charge in [0.1, 0.15) is 0 Å². The Hall–Kier alpha value is -2.27. The van der Waals surface area contributed by atoms with E-state index >= 15 is 0 Å². The summed E-state index contributed by atoms with van der Waals surface area (Å²) in [6.45, 7) is 0.557. The molecule has 1 aromatic carbocycles. The molecule has 1 amide bonds. The molecule has 1 aromatic heterocycles. The predicted molar refractivity (Wildman–Crippen MR) is 89.5 cm³/mol. The third-order valence-electron chi connectivity index (χ3n) is 3.46. The lowest BCUT2D eigenvalue weighted by molar-refractivity contribution is 0.0796. The van der Waals surface area contributed by atoms with Crippen LogP contribution in [-0.4, -0.2) is 43.6 Å². The van der Waals surface area contributed by atoms with Crippen LogP contribution >= 0.6 is 11.6 Å². The van der Waals surface area contributed by atoms with Crippen LogP contribution in [0.2, 0.25) is 5.02 Å². The van der Waals surface area contributed by atoms with Crippen molar-refractivity contribution in [1.29, 1.82) is 0 Å². The van der Waals surface area contributed by atoms with Crippen LogP contribution < -0.4 is 9.47 Å². The Bertz CT molecular complexity index is 677. The Morgan fingerprint density at radius 3 is 2.65 bits per heavy atom. The zero-order chi connectivity index (χ0) is 16.8. The number of carbonyl (C=O) groups is 1. The van der Waals surface area contributed by atoms with Gasteiger partial charge in [0.05, 0.1) is 19.2 Å². The van der Waals surface area contributed by atoms with Gasteiger partial charge in [0.15, 0.2) is 11.5 Å². The van der Waals surface area contributed by atoms with Crippen LogP contribution in [0.5, 0.6) is 11.5 Å². The van der Waals surface area contributed by atoms with E-state index in [9.17, 15) is 4.79 Å². The van der Waals surface area contributed by atoms with E-state index in [2.05, 4.69) is 4.98 Å². The highest BCUT2D eigenvalue weighted by Gasteiger charge is 2.18. The van der Waals surface area contributed by atoms with Crippen LogP contribution in [0, 0.1) is 0 Å². The number of pyridine rings is 1. The van der Waals surface area contributed by atoms with Gasteiger partial charge in [-0.1, -0.05) is 17.7 Å². The molecule has 0 bridgehead atoms. The first-order valence-electron chi connectivity index (χ1n) is 7.13. The van der Waals surface area contributed by atoms with Gasteiger partial charge in [-0.05, 0) is 24.3 Å². The van der Waals surface area contributed by atoms with E-state index in [0.717, 1.165) is 5.69 Å². The van der Waals surface area contributed by atoms with Crippen molar-refractivity contribution in [3.63, 3.8) is 0 Å². The second-order valence-corrected chi connectivity index (χ2v) is 5.40. The third-order valence-corrected chi connectivity index (χ3v) is 3.74. The van der Waals surface area contributed by atoms with Crippen LogP contribution in [0.15, 0.2) is 36.5 Å². The van der Waals surface area contributed by atoms with E-state index in [-0.39, 0.29) is 5.91 Å². The fourth-order valence-corrected chi connectivity index (χ4v) is 2.48. The fraction of sp³-hybridized carbons (Fsp3) is 0.294.